The van der Waals surface area contributed by atoms with E-state index in [1.807, 2.05) is 0 Å². The summed E-state index contributed by atoms with van der Waals surface area (Å²) in [4.78, 5) is 0. The van der Waals surface area contributed by atoms with Crippen molar-refractivity contribution in [3.63, 3.8) is 0 Å². The van der Waals surface area contributed by atoms with Crippen molar-refractivity contribution in [1.29, 1.82) is 0 Å². The molecule has 0 amide bonds. The fourth-order valence-corrected chi connectivity index (χ4v) is 2.59. The Kier molecular flexibility index (Phi) is 5.70. The molecule has 0 fully saturated rings. The molecular weight excluding hydrogens is 162 g/mol. The summed E-state index contributed by atoms with van der Waals surface area (Å²) in [5, 5.41) is 17.9. The summed E-state index contributed by atoms with van der Waals surface area (Å²) in [6.07, 6.45) is 0.751. The lowest BCUT2D eigenvalue weighted by molar-refractivity contribution is 0.252. The van der Waals surface area contributed by atoms with E-state index in [0.717, 1.165) is 12.5 Å². The lowest BCUT2D eigenvalue weighted by atomic mass is 10.5. The van der Waals surface area contributed by atoms with Crippen LogP contribution in [0.15, 0.2) is 0 Å². The number of hydrogen-bond acceptors (Lipinski definition) is 4. The van der Waals surface area contributed by atoms with Gasteiger partial charge in [0.15, 0.2) is 0 Å². The molecule has 0 radical (unpaired) electrons. The van der Waals surface area contributed by atoms with Crippen LogP contribution in [0.2, 0.25) is 6.04 Å². The molecule has 0 aromatic rings. The van der Waals surface area contributed by atoms with Gasteiger partial charge in [0.25, 0.3) is 0 Å². The van der Waals surface area contributed by atoms with Crippen LogP contribution >= 0.6 is 0 Å². The molecule has 0 rings (SSSR count). The van der Waals surface area contributed by atoms with Crippen molar-refractivity contribution < 1.29 is 14.6 Å². The van der Waals surface area contributed by atoms with Gasteiger partial charge in [-0.3, -0.25) is 0 Å². The van der Waals surface area contributed by atoms with Crippen LogP contribution in [0, 0.1) is 0 Å². The molecule has 0 aliphatic rings. The minimum atomic E-state index is -2.21. The van der Waals surface area contributed by atoms with Crippen molar-refractivity contribution >= 4 is 8.32 Å². The molecule has 0 aliphatic carbocycles. The molecule has 11 heavy (non-hydrogen) atoms. The second-order valence-electron chi connectivity index (χ2n) is 2.60. The van der Waals surface area contributed by atoms with Gasteiger partial charge in [0, 0.05) is 7.11 Å². The third-order valence-electron chi connectivity index (χ3n) is 1.85. The lowest BCUT2D eigenvalue weighted by Gasteiger charge is -2.24. The second kappa shape index (κ2) is 5.67. The highest BCUT2D eigenvalue weighted by Gasteiger charge is 2.31. The van der Waals surface area contributed by atoms with E-state index in [0.29, 0.717) is 6.54 Å². The maximum atomic E-state index is 8.94. The van der Waals surface area contributed by atoms with Gasteiger partial charge in [-0.2, -0.15) is 0 Å². The number of nitrogens with two attached hydrogens (primary N) is 1. The van der Waals surface area contributed by atoms with Crippen LogP contribution in [0.3, 0.4) is 0 Å². The Labute approximate surface area is 68.1 Å². The fourth-order valence-electron chi connectivity index (χ4n) is 0.864. The predicted molar refractivity (Wildman–Crippen MR) is 45.4 cm³/mol. The highest BCUT2D eigenvalue weighted by Crippen LogP contribution is 2.10. The third-order valence-corrected chi connectivity index (χ3v) is 5.13. The SMILES string of the molecule is CO[Si](CO)(CO)CCCN. The molecular formula is C6H17NO3Si. The highest BCUT2D eigenvalue weighted by atomic mass is 28.4. The first-order chi connectivity index (χ1) is 5.24. The van der Waals surface area contributed by atoms with Crippen LogP contribution in [0.25, 0.3) is 0 Å². The summed E-state index contributed by atoms with van der Waals surface area (Å²) in [6, 6.07) is 0.729. The number of rotatable bonds is 6. The average Bonchev–Trinajstić information content (AvgIpc) is 2.08. The quantitative estimate of drug-likeness (QED) is 0.457. The van der Waals surface area contributed by atoms with Crippen molar-refractivity contribution in [3.8, 4) is 0 Å². The molecule has 0 bridgehead atoms. The molecule has 0 aliphatic heterocycles. The maximum Gasteiger partial charge on any atom is 0.242 e. The molecule has 0 spiro atoms. The molecule has 0 atom stereocenters. The van der Waals surface area contributed by atoms with E-state index in [1.165, 1.54) is 7.11 Å². The third kappa shape index (κ3) is 3.30. The zero-order valence-corrected chi connectivity index (χ0v) is 7.92. The summed E-state index contributed by atoms with van der Waals surface area (Å²) in [5.74, 6) is 0. The number of aliphatic hydroxyl groups excluding tert-OH is 2. The van der Waals surface area contributed by atoms with Crippen LogP contribution in [0.5, 0.6) is 0 Å². The Bertz CT molecular complexity index is 89.6. The predicted octanol–water partition coefficient (Wildman–Crippen LogP) is -1.01. The highest BCUT2D eigenvalue weighted by molar-refractivity contribution is 6.73. The van der Waals surface area contributed by atoms with E-state index in [-0.39, 0.29) is 12.5 Å². The first-order valence-electron chi connectivity index (χ1n) is 3.71. The minimum Gasteiger partial charge on any atom is -0.415 e. The van der Waals surface area contributed by atoms with Gasteiger partial charge >= 0.3 is 0 Å². The molecule has 4 N–H and O–H groups in total. The van der Waals surface area contributed by atoms with Crippen LogP contribution < -0.4 is 5.73 Å². The van der Waals surface area contributed by atoms with Gasteiger partial charge in [-0.15, -0.1) is 0 Å². The first kappa shape index (κ1) is 11.1. The first-order valence-corrected chi connectivity index (χ1v) is 6.24. The Hall–Kier alpha value is 0.0569. The number of hydrogen-bond donors (Lipinski definition) is 3. The van der Waals surface area contributed by atoms with Crippen LogP contribution in [-0.2, 0) is 4.43 Å². The summed E-state index contributed by atoms with van der Waals surface area (Å²) in [5.41, 5.74) is 5.30. The van der Waals surface area contributed by atoms with Gasteiger partial charge in [0.05, 0.1) is 12.5 Å². The molecule has 0 saturated heterocycles. The standard InChI is InChI=1S/C6H17NO3Si/c1-10-11(5-8,6-9)4-2-3-7/h8-9H,2-7H2,1H3. The van der Waals surface area contributed by atoms with Crippen LogP contribution in [0.4, 0.5) is 0 Å². The summed E-state index contributed by atoms with van der Waals surface area (Å²) < 4.78 is 5.12. The van der Waals surface area contributed by atoms with Crippen molar-refractivity contribution in [2.45, 2.75) is 12.5 Å². The Morgan fingerprint density at radius 1 is 1.36 bits per heavy atom. The van der Waals surface area contributed by atoms with Gasteiger partial charge in [0.2, 0.25) is 8.32 Å². The Balaban J connectivity index is 3.84. The molecule has 0 unspecified atom stereocenters. The van der Waals surface area contributed by atoms with E-state index >= 15 is 0 Å². The zero-order chi connectivity index (χ0) is 8.74. The van der Waals surface area contributed by atoms with E-state index in [1.54, 1.807) is 0 Å². The van der Waals surface area contributed by atoms with Gasteiger partial charge in [0.1, 0.15) is 0 Å². The normalized spacial score (nSPS) is 12.0. The topological polar surface area (TPSA) is 75.7 Å². The van der Waals surface area contributed by atoms with Crippen molar-refractivity contribution in [1.82, 2.24) is 0 Å². The van der Waals surface area contributed by atoms with Gasteiger partial charge in [-0.25, -0.2) is 0 Å². The van der Waals surface area contributed by atoms with Crippen molar-refractivity contribution in [2.75, 3.05) is 26.1 Å². The van der Waals surface area contributed by atoms with E-state index in [9.17, 15) is 0 Å². The zero-order valence-electron chi connectivity index (χ0n) is 6.92. The fraction of sp³-hybridized carbons (Fsp3) is 1.00. The molecule has 0 aromatic carbocycles. The smallest absolute Gasteiger partial charge is 0.242 e. The van der Waals surface area contributed by atoms with Crippen molar-refractivity contribution in [3.05, 3.63) is 0 Å². The molecule has 0 aromatic heterocycles. The molecule has 0 heterocycles. The van der Waals surface area contributed by atoms with E-state index in [2.05, 4.69) is 0 Å². The molecule has 0 saturated carbocycles. The van der Waals surface area contributed by atoms with Crippen molar-refractivity contribution in [2.24, 2.45) is 5.73 Å². The van der Waals surface area contributed by atoms with Gasteiger partial charge in [-0.1, -0.05) is 0 Å². The molecule has 5 heteroatoms. The summed E-state index contributed by atoms with van der Waals surface area (Å²) >= 11 is 0. The van der Waals surface area contributed by atoms with Crippen LogP contribution in [0.1, 0.15) is 6.42 Å². The minimum absolute atomic E-state index is 0.0278. The monoisotopic (exact) mass is 179 g/mol. The maximum absolute atomic E-state index is 8.94. The largest absolute Gasteiger partial charge is 0.415 e. The van der Waals surface area contributed by atoms with Gasteiger partial charge < -0.3 is 20.4 Å². The molecule has 4 nitrogen and oxygen atoms in total. The molecule has 68 valence electrons. The second-order valence-corrected chi connectivity index (χ2v) is 6.50. The number of aliphatic hydroxyl groups is 2. The van der Waals surface area contributed by atoms with E-state index in [4.69, 9.17) is 20.4 Å². The van der Waals surface area contributed by atoms with E-state index < -0.39 is 8.32 Å². The summed E-state index contributed by atoms with van der Waals surface area (Å²) in [7, 11) is -0.670. The van der Waals surface area contributed by atoms with Gasteiger partial charge in [-0.05, 0) is 19.0 Å². The van der Waals surface area contributed by atoms with Crippen LogP contribution in [-0.4, -0.2) is 44.6 Å². The Morgan fingerprint density at radius 3 is 2.18 bits per heavy atom. The summed E-state index contributed by atoms with van der Waals surface area (Å²) in [6.45, 7) is 0.581. The average molecular weight is 179 g/mol. The Morgan fingerprint density at radius 2 is 1.91 bits per heavy atom. The lowest BCUT2D eigenvalue weighted by Crippen LogP contribution is -2.46.